The fraction of sp³-hybridized carbons (Fsp3) is 0.0556. The molecule has 0 radical (unpaired) electrons. The van der Waals surface area contributed by atoms with Crippen LogP contribution < -0.4 is 10.6 Å². The van der Waals surface area contributed by atoms with Gasteiger partial charge in [0.1, 0.15) is 0 Å². The molecule has 104 valence electrons. The SMILES string of the molecule is O=C(O)C1=C(P(c2ccccc2)c2ccccc2)C=CC1. The Hall–Kier alpha value is -2.18. The van der Waals surface area contributed by atoms with Gasteiger partial charge in [0.05, 0.1) is 0 Å². The van der Waals surface area contributed by atoms with E-state index >= 15 is 0 Å². The Kier molecular flexibility index (Phi) is 3.98. The maximum atomic E-state index is 11.5. The molecule has 0 heterocycles. The van der Waals surface area contributed by atoms with Crippen molar-refractivity contribution >= 4 is 24.5 Å². The van der Waals surface area contributed by atoms with E-state index in [1.807, 2.05) is 48.6 Å². The van der Waals surface area contributed by atoms with Gasteiger partial charge in [0.25, 0.3) is 0 Å². The van der Waals surface area contributed by atoms with E-state index in [2.05, 4.69) is 24.3 Å². The molecule has 1 aliphatic carbocycles. The summed E-state index contributed by atoms with van der Waals surface area (Å²) in [4.78, 5) is 11.5. The van der Waals surface area contributed by atoms with Gasteiger partial charge in [0, 0.05) is 5.57 Å². The molecule has 0 saturated carbocycles. The van der Waals surface area contributed by atoms with Gasteiger partial charge in [-0.2, -0.15) is 0 Å². The lowest BCUT2D eigenvalue weighted by Crippen LogP contribution is -2.14. The number of hydrogen-bond donors (Lipinski definition) is 1. The van der Waals surface area contributed by atoms with Crippen molar-refractivity contribution in [2.45, 2.75) is 6.42 Å². The van der Waals surface area contributed by atoms with Gasteiger partial charge in [-0.15, -0.1) is 0 Å². The third-order valence-corrected chi connectivity index (χ3v) is 5.96. The summed E-state index contributed by atoms with van der Waals surface area (Å²) in [5.41, 5.74) is 0.522. The fourth-order valence-corrected chi connectivity index (χ4v) is 4.99. The van der Waals surface area contributed by atoms with Crippen molar-refractivity contribution in [3.8, 4) is 0 Å². The topological polar surface area (TPSA) is 37.3 Å². The second-order valence-corrected chi connectivity index (χ2v) is 6.97. The maximum Gasteiger partial charge on any atom is 0.332 e. The second-order valence-electron chi connectivity index (χ2n) is 4.78. The smallest absolute Gasteiger partial charge is 0.332 e. The lowest BCUT2D eigenvalue weighted by Gasteiger charge is -2.20. The zero-order valence-corrected chi connectivity index (χ0v) is 12.3. The van der Waals surface area contributed by atoms with E-state index in [4.69, 9.17) is 0 Å². The van der Waals surface area contributed by atoms with Crippen LogP contribution >= 0.6 is 7.92 Å². The van der Waals surface area contributed by atoms with E-state index in [1.165, 1.54) is 10.6 Å². The predicted molar refractivity (Wildman–Crippen MR) is 87.5 cm³/mol. The summed E-state index contributed by atoms with van der Waals surface area (Å²) in [5, 5.41) is 12.8. The van der Waals surface area contributed by atoms with Crippen LogP contribution in [0.15, 0.2) is 83.7 Å². The Morgan fingerprint density at radius 3 is 1.90 bits per heavy atom. The molecule has 0 amide bonds. The summed E-state index contributed by atoms with van der Waals surface area (Å²) in [6.45, 7) is 0. The first-order valence-electron chi connectivity index (χ1n) is 6.80. The van der Waals surface area contributed by atoms with Crippen molar-refractivity contribution in [1.29, 1.82) is 0 Å². The van der Waals surface area contributed by atoms with E-state index in [0.717, 1.165) is 5.31 Å². The molecule has 3 heteroatoms. The van der Waals surface area contributed by atoms with E-state index in [0.29, 0.717) is 12.0 Å². The quantitative estimate of drug-likeness (QED) is 0.877. The van der Waals surface area contributed by atoms with Gasteiger partial charge in [-0.3, -0.25) is 0 Å². The summed E-state index contributed by atoms with van der Waals surface area (Å²) in [7, 11) is -0.812. The molecule has 0 atom stereocenters. The molecule has 0 aromatic heterocycles. The van der Waals surface area contributed by atoms with Crippen LogP contribution in [-0.4, -0.2) is 11.1 Å². The second kappa shape index (κ2) is 6.07. The van der Waals surface area contributed by atoms with E-state index in [-0.39, 0.29) is 0 Å². The molecule has 1 N–H and O–H groups in total. The highest BCUT2D eigenvalue weighted by atomic mass is 31.1. The van der Waals surface area contributed by atoms with Gasteiger partial charge in [-0.05, 0) is 30.3 Å². The molecule has 2 nitrogen and oxygen atoms in total. The number of aliphatic carboxylic acids is 1. The van der Waals surface area contributed by atoms with Gasteiger partial charge < -0.3 is 5.11 Å². The third-order valence-electron chi connectivity index (χ3n) is 3.43. The molecule has 2 aromatic carbocycles. The van der Waals surface area contributed by atoms with Crippen molar-refractivity contribution < 1.29 is 9.90 Å². The largest absolute Gasteiger partial charge is 0.478 e. The average Bonchev–Trinajstić information content (AvgIpc) is 2.99. The Morgan fingerprint density at radius 1 is 0.905 bits per heavy atom. The van der Waals surface area contributed by atoms with Crippen LogP contribution in [-0.2, 0) is 4.79 Å². The Bertz CT molecular complexity index is 663. The first-order chi connectivity index (χ1) is 10.3. The number of rotatable bonds is 4. The fourth-order valence-electron chi connectivity index (χ4n) is 2.48. The van der Waals surface area contributed by atoms with Crippen LogP contribution in [0, 0.1) is 0 Å². The Morgan fingerprint density at radius 2 is 1.43 bits per heavy atom. The van der Waals surface area contributed by atoms with Crippen LogP contribution in [0.3, 0.4) is 0 Å². The first kappa shape index (κ1) is 13.8. The van der Waals surface area contributed by atoms with Gasteiger partial charge >= 0.3 is 5.97 Å². The molecule has 0 saturated heterocycles. The zero-order valence-electron chi connectivity index (χ0n) is 11.4. The number of hydrogen-bond acceptors (Lipinski definition) is 1. The highest BCUT2D eigenvalue weighted by molar-refractivity contribution is 7.77. The third kappa shape index (κ3) is 2.81. The highest BCUT2D eigenvalue weighted by Gasteiger charge is 2.25. The number of carboxylic acids is 1. The van der Waals surface area contributed by atoms with Crippen molar-refractivity contribution in [2.24, 2.45) is 0 Å². The maximum absolute atomic E-state index is 11.5. The Labute approximate surface area is 125 Å². The molecular formula is C18H15O2P. The highest BCUT2D eigenvalue weighted by Crippen LogP contribution is 2.47. The molecule has 0 aliphatic heterocycles. The monoisotopic (exact) mass is 294 g/mol. The molecule has 0 spiro atoms. The summed E-state index contributed by atoms with van der Waals surface area (Å²) in [6, 6.07) is 20.3. The molecule has 3 rings (SSSR count). The number of benzene rings is 2. The summed E-state index contributed by atoms with van der Waals surface area (Å²) < 4.78 is 0. The van der Waals surface area contributed by atoms with Crippen molar-refractivity contribution in [1.82, 2.24) is 0 Å². The molecule has 0 fully saturated rings. The van der Waals surface area contributed by atoms with Crippen molar-refractivity contribution in [2.75, 3.05) is 0 Å². The van der Waals surface area contributed by atoms with Crippen LogP contribution in [0.25, 0.3) is 0 Å². The summed E-state index contributed by atoms with van der Waals surface area (Å²) >= 11 is 0. The summed E-state index contributed by atoms with van der Waals surface area (Å²) in [6.07, 6.45) is 4.44. The molecule has 21 heavy (non-hydrogen) atoms. The van der Waals surface area contributed by atoms with Gasteiger partial charge in [0.15, 0.2) is 0 Å². The van der Waals surface area contributed by atoms with Crippen LogP contribution in [0.5, 0.6) is 0 Å². The summed E-state index contributed by atoms with van der Waals surface area (Å²) in [5.74, 6) is -0.811. The van der Waals surface area contributed by atoms with Gasteiger partial charge in [-0.1, -0.05) is 72.8 Å². The molecule has 1 aliphatic rings. The van der Waals surface area contributed by atoms with Crippen LogP contribution in [0.4, 0.5) is 0 Å². The predicted octanol–water partition coefficient (Wildman–Crippen LogP) is 3.42. The minimum atomic E-state index is -0.812. The van der Waals surface area contributed by atoms with Gasteiger partial charge in [0.2, 0.25) is 0 Å². The van der Waals surface area contributed by atoms with Crippen LogP contribution in [0.2, 0.25) is 0 Å². The lowest BCUT2D eigenvalue weighted by molar-refractivity contribution is -0.132. The number of allylic oxidation sites excluding steroid dienone is 3. The van der Waals surface area contributed by atoms with E-state index in [1.54, 1.807) is 0 Å². The van der Waals surface area contributed by atoms with Crippen molar-refractivity contribution in [3.63, 3.8) is 0 Å². The molecule has 2 aromatic rings. The first-order valence-corrected chi connectivity index (χ1v) is 8.15. The zero-order chi connectivity index (χ0) is 14.7. The molecule has 0 bridgehead atoms. The average molecular weight is 294 g/mol. The minimum Gasteiger partial charge on any atom is -0.478 e. The van der Waals surface area contributed by atoms with E-state index < -0.39 is 13.9 Å². The van der Waals surface area contributed by atoms with E-state index in [9.17, 15) is 9.90 Å². The Balaban J connectivity index is 2.16. The lowest BCUT2D eigenvalue weighted by atomic mass is 10.2. The molecular weight excluding hydrogens is 279 g/mol. The normalized spacial score (nSPS) is 14.0. The van der Waals surface area contributed by atoms with Crippen molar-refractivity contribution in [3.05, 3.63) is 83.7 Å². The van der Waals surface area contributed by atoms with Crippen LogP contribution in [0.1, 0.15) is 6.42 Å². The minimum absolute atomic E-state index is 0.517. The standard InChI is InChI=1S/C18H15O2P/c19-18(20)16-12-7-13-17(16)21(14-8-3-1-4-9-14)15-10-5-2-6-11-15/h1-11,13H,12H2,(H,19,20). The van der Waals surface area contributed by atoms with Gasteiger partial charge in [-0.25, -0.2) is 4.79 Å². The number of carbonyl (C=O) groups is 1. The number of carboxylic acid groups (broad SMARTS) is 1. The molecule has 0 unspecified atom stereocenters.